The molecular weight excluding hydrogens is 370 g/mol. The summed E-state index contributed by atoms with van der Waals surface area (Å²) in [4.78, 5) is 12.5. The molecule has 3 rings (SSSR count). The molecule has 0 unspecified atom stereocenters. The Morgan fingerprint density at radius 1 is 1.40 bits per heavy atom. The number of hydrogen-bond acceptors (Lipinski definition) is 3. The fraction of sp³-hybridized carbons (Fsp3) is 0.294. The monoisotopic (exact) mass is 385 g/mol. The summed E-state index contributed by atoms with van der Waals surface area (Å²) in [5.41, 5.74) is -1.81. The highest BCUT2D eigenvalue weighted by Gasteiger charge is 2.50. The Morgan fingerprint density at radius 3 is 2.88 bits per heavy atom. The van der Waals surface area contributed by atoms with Gasteiger partial charge in [0.15, 0.2) is 0 Å². The van der Waals surface area contributed by atoms with Crippen LogP contribution in [-0.2, 0) is 17.0 Å². The Hall–Kier alpha value is -1.89. The van der Waals surface area contributed by atoms with E-state index in [1.165, 1.54) is 24.4 Å². The molecule has 0 saturated carbocycles. The van der Waals surface area contributed by atoms with Crippen molar-refractivity contribution in [1.29, 1.82) is 0 Å². The summed E-state index contributed by atoms with van der Waals surface area (Å²) in [6, 6.07) is 7.61. The van der Waals surface area contributed by atoms with E-state index in [1.54, 1.807) is 12.1 Å². The summed E-state index contributed by atoms with van der Waals surface area (Å²) in [5, 5.41) is 23.2. The van der Waals surface area contributed by atoms with Crippen LogP contribution in [0.2, 0.25) is 10.0 Å². The zero-order chi connectivity index (χ0) is 18.2. The van der Waals surface area contributed by atoms with Crippen molar-refractivity contribution in [3.63, 3.8) is 0 Å². The number of hydrogen-bond donors (Lipinski definition) is 3. The van der Waals surface area contributed by atoms with Crippen molar-refractivity contribution in [2.24, 2.45) is 0 Å². The lowest BCUT2D eigenvalue weighted by Crippen LogP contribution is -2.48. The quantitative estimate of drug-likeness (QED) is 0.561. The lowest BCUT2D eigenvalue weighted by Gasteiger charge is -2.30. The predicted molar refractivity (Wildman–Crippen MR) is 89.1 cm³/mol. The van der Waals surface area contributed by atoms with Crippen LogP contribution < -0.4 is 10.0 Å². The average molecular weight is 386 g/mol. The zero-order valence-electron chi connectivity index (χ0n) is 13.0. The zero-order valence-corrected chi connectivity index (χ0v) is 14.6. The van der Waals surface area contributed by atoms with Crippen molar-refractivity contribution >= 4 is 29.1 Å². The van der Waals surface area contributed by atoms with E-state index in [0.717, 1.165) is 0 Å². The third-order valence-corrected chi connectivity index (χ3v) is 4.92. The second-order valence-electron chi connectivity index (χ2n) is 5.93. The molecule has 0 fully saturated rings. The SMILES string of the molecule is O=C(NCc1ccc(Cl)cc1Cl)[C@]1(F)CC[C@H](O)c2c1ccc[n+]2O. The third-order valence-electron chi connectivity index (χ3n) is 4.33. The standard InChI is InChI=1S/C17H15Cl2FN2O3/c18-11-4-3-10(13(19)8-11)9-21-16(24)17(20)6-5-14(23)15-12(17)2-1-7-22(15)25/h1-4,7-8,14,23H,5-6,9H2,(H-,21,24,25)/p+1/t14-,17-/m0/s1. The van der Waals surface area contributed by atoms with Crippen LogP contribution in [0.3, 0.4) is 0 Å². The van der Waals surface area contributed by atoms with Crippen LogP contribution in [-0.4, -0.2) is 16.2 Å². The average Bonchev–Trinajstić information content (AvgIpc) is 2.57. The van der Waals surface area contributed by atoms with Gasteiger partial charge in [0.1, 0.15) is 6.10 Å². The molecule has 0 spiro atoms. The molecule has 0 saturated heterocycles. The van der Waals surface area contributed by atoms with Crippen LogP contribution in [0, 0.1) is 0 Å². The molecule has 0 aliphatic heterocycles. The maximum absolute atomic E-state index is 15.5. The number of carbonyl (C=O) groups excluding carboxylic acids is 1. The van der Waals surface area contributed by atoms with E-state index >= 15 is 4.39 Å². The summed E-state index contributed by atoms with van der Waals surface area (Å²) in [6.45, 7) is 0.0321. The Kier molecular flexibility index (Phi) is 4.86. The van der Waals surface area contributed by atoms with E-state index in [4.69, 9.17) is 23.2 Å². The summed E-state index contributed by atoms with van der Waals surface area (Å²) < 4.78 is 16.1. The number of aliphatic hydroxyl groups is 1. The van der Waals surface area contributed by atoms with E-state index in [0.29, 0.717) is 20.3 Å². The second kappa shape index (κ2) is 6.78. The number of nitrogens with zero attached hydrogens (tertiary/aromatic N) is 1. The number of halogens is 3. The number of fused-ring (bicyclic) bond motifs is 1. The van der Waals surface area contributed by atoms with E-state index in [2.05, 4.69) is 5.32 Å². The molecule has 8 heteroatoms. The Morgan fingerprint density at radius 2 is 2.16 bits per heavy atom. The molecule has 3 N–H and O–H groups in total. The minimum Gasteiger partial charge on any atom is -0.382 e. The maximum Gasteiger partial charge on any atom is 0.269 e. The molecule has 1 heterocycles. The van der Waals surface area contributed by atoms with Crippen molar-refractivity contribution in [3.05, 3.63) is 63.4 Å². The summed E-state index contributed by atoms with van der Waals surface area (Å²) in [5.74, 6) is -0.849. The fourth-order valence-corrected chi connectivity index (χ4v) is 3.48. The fourth-order valence-electron chi connectivity index (χ4n) is 3.00. The summed E-state index contributed by atoms with van der Waals surface area (Å²) in [7, 11) is 0. The van der Waals surface area contributed by atoms with Crippen molar-refractivity contribution in [2.45, 2.75) is 31.2 Å². The third kappa shape index (κ3) is 3.29. The van der Waals surface area contributed by atoms with Crippen LogP contribution in [0.4, 0.5) is 4.39 Å². The molecule has 1 aliphatic rings. The van der Waals surface area contributed by atoms with Gasteiger partial charge in [0.2, 0.25) is 11.9 Å². The lowest BCUT2D eigenvalue weighted by molar-refractivity contribution is -0.912. The van der Waals surface area contributed by atoms with Crippen molar-refractivity contribution < 1.29 is 24.2 Å². The molecule has 1 amide bonds. The van der Waals surface area contributed by atoms with Gasteiger partial charge in [-0.1, -0.05) is 29.3 Å². The molecular formula is C17H16Cl2FN2O3+. The van der Waals surface area contributed by atoms with Gasteiger partial charge < -0.3 is 10.4 Å². The van der Waals surface area contributed by atoms with Gasteiger partial charge in [0.25, 0.3) is 11.6 Å². The number of carbonyl (C=O) groups is 1. The number of amides is 1. The number of pyridine rings is 1. The van der Waals surface area contributed by atoms with Gasteiger partial charge >= 0.3 is 0 Å². The van der Waals surface area contributed by atoms with Gasteiger partial charge in [-0.2, -0.15) is 0 Å². The van der Waals surface area contributed by atoms with Crippen LogP contribution in [0.15, 0.2) is 36.5 Å². The lowest BCUT2D eigenvalue weighted by atomic mass is 9.81. The van der Waals surface area contributed by atoms with Crippen molar-refractivity contribution in [3.8, 4) is 0 Å². The molecule has 1 aromatic heterocycles. The molecule has 0 radical (unpaired) electrons. The van der Waals surface area contributed by atoms with E-state index in [1.807, 2.05) is 0 Å². The molecule has 2 aromatic rings. The van der Waals surface area contributed by atoms with E-state index in [-0.39, 0.29) is 30.6 Å². The van der Waals surface area contributed by atoms with Crippen molar-refractivity contribution in [2.75, 3.05) is 0 Å². The van der Waals surface area contributed by atoms with Gasteiger partial charge in [-0.25, -0.2) is 4.39 Å². The predicted octanol–water partition coefficient (Wildman–Crippen LogP) is 2.83. The molecule has 1 aromatic carbocycles. The van der Waals surface area contributed by atoms with Gasteiger partial charge in [-0.05, 0) is 36.6 Å². The van der Waals surface area contributed by atoms with Crippen molar-refractivity contribution in [1.82, 2.24) is 5.32 Å². The number of rotatable bonds is 3. The highest BCUT2D eigenvalue weighted by Crippen LogP contribution is 2.41. The maximum atomic E-state index is 15.5. The van der Waals surface area contributed by atoms with Gasteiger partial charge in [0.05, 0.1) is 5.56 Å². The van der Waals surface area contributed by atoms with Gasteiger partial charge in [-0.15, -0.1) is 0 Å². The molecule has 25 heavy (non-hydrogen) atoms. The van der Waals surface area contributed by atoms with Gasteiger partial charge in [-0.3, -0.25) is 10.0 Å². The first kappa shape index (κ1) is 17.9. The van der Waals surface area contributed by atoms with E-state index in [9.17, 15) is 15.1 Å². The summed E-state index contributed by atoms with van der Waals surface area (Å²) in [6.07, 6.45) is 0.0666. The largest absolute Gasteiger partial charge is 0.382 e. The van der Waals surface area contributed by atoms with Gasteiger partial charge in [0, 0.05) is 27.4 Å². The molecule has 5 nitrogen and oxygen atoms in total. The number of alkyl halides is 1. The van der Waals surface area contributed by atoms with Crippen LogP contribution in [0.5, 0.6) is 0 Å². The summed E-state index contributed by atoms with van der Waals surface area (Å²) >= 11 is 11.9. The number of aromatic nitrogens is 1. The minimum absolute atomic E-state index is 0.0171. The number of nitrogens with one attached hydrogen (secondary N) is 1. The normalized spacial score (nSPS) is 22.3. The first-order valence-corrected chi connectivity index (χ1v) is 8.42. The second-order valence-corrected chi connectivity index (χ2v) is 6.77. The first-order valence-electron chi connectivity index (χ1n) is 7.66. The van der Waals surface area contributed by atoms with Crippen LogP contribution in [0.1, 0.15) is 35.8 Å². The van der Waals surface area contributed by atoms with Crippen LogP contribution >= 0.6 is 23.2 Å². The Balaban J connectivity index is 1.85. The molecule has 132 valence electrons. The molecule has 0 bridgehead atoms. The Labute approximate surface area is 153 Å². The molecule has 1 aliphatic carbocycles. The highest BCUT2D eigenvalue weighted by molar-refractivity contribution is 6.35. The molecule has 2 atom stereocenters. The Bertz CT molecular complexity index is 834. The number of benzene rings is 1. The first-order chi connectivity index (χ1) is 11.8. The smallest absolute Gasteiger partial charge is 0.269 e. The van der Waals surface area contributed by atoms with Crippen LogP contribution in [0.25, 0.3) is 0 Å². The number of aliphatic hydroxyl groups excluding tert-OH is 1. The topological polar surface area (TPSA) is 73.4 Å². The minimum atomic E-state index is -2.35. The van der Waals surface area contributed by atoms with E-state index < -0.39 is 17.7 Å². The highest BCUT2D eigenvalue weighted by atomic mass is 35.5.